The lowest BCUT2D eigenvalue weighted by Gasteiger charge is -2.36. The van der Waals surface area contributed by atoms with E-state index in [9.17, 15) is 4.79 Å². The summed E-state index contributed by atoms with van der Waals surface area (Å²) in [6, 6.07) is 6.34. The predicted octanol–water partition coefficient (Wildman–Crippen LogP) is 3.52. The minimum atomic E-state index is -0.121. The van der Waals surface area contributed by atoms with Gasteiger partial charge in [-0.2, -0.15) is 0 Å². The molecule has 0 bridgehead atoms. The molecule has 0 aliphatic carbocycles. The molecule has 0 saturated carbocycles. The van der Waals surface area contributed by atoms with Crippen molar-refractivity contribution in [2.45, 2.75) is 39.5 Å². The fourth-order valence-electron chi connectivity index (χ4n) is 3.70. The summed E-state index contributed by atoms with van der Waals surface area (Å²) in [7, 11) is 0. The molecule has 2 heterocycles. The van der Waals surface area contributed by atoms with Crippen molar-refractivity contribution in [3.8, 4) is 0 Å². The molecule has 1 saturated heterocycles. The van der Waals surface area contributed by atoms with Crippen LogP contribution in [-0.2, 0) is 12.8 Å². The Morgan fingerprint density at radius 1 is 1.17 bits per heavy atom. The third kappa shape index (κ3) is 5.73. The fraction of sp³-hybridized carbons (Fsp3) is 0.545. The maximum Gasteiger partial charge on any atom is 0.287 e. The maximum atomic E-state index is 12.1. The van der Waals surface area contributed by atoms with Crippen LogP contribution < -0.4 is 10.2 Å². The van der Waals surface area contributed by atoms with Gasteiger partial charge in [-0.05, 0) is 43.9 Å². The van der Waals surface area contributed by atoms with Crippen molar-refractivity contribution in [3.05, 3.63) is 46.5 Å². The molecule has 3 rings (SSSR count). The van der Waals surface area contributed by atoms with Crippen LogP contribution in [0.5, 0.6) is 0 Å². The minimum Gasteiger partial charge on any atom is -0.368 e. The highest BCUT2D eigenvalue weighted by atomic mass is 35.5. The second kappa shape index (κ2) is 10.6. The summed E-state index contributed by atoms with van der Waals surface area (Å²) in [6.45, 7) is 10.0. The quantitative estimate of drug-likeness (QED) is 0.613. The summed E-state index contributed by atoms with van der Waals surface area (Å²) in [6.07, 6.45) is 5.62. The molecule has 7 heteroatoms. The molecule has 1 aliphatic rings. The number of aryl methyl sites for hydroxylation is 2. The first-order valence-electron chi connectivity index (χ1n) is 10.7. The zero-order chi connectivity index (χ0) is 20.6. The van der Waals surface area contributed by atoms with E-state index in [2.05, 4.69) is 50.2 Å². The molecule has 6 nitrogen and oxygen atoms in total. The summed E-state index contributed by atoms with van der Waals surface area (Å²) in [5.41, 5.74) is 3.30. The first-order valence-corrected chi connectivity index (χ1v) is 11.1. The van der Waals surface area contributed by atoms with Gasteiger partial charge in [0.25, 0.3) is 5.91 Å². The van der Waals surface area contributed by atoms with Gasteiger partial charge in [0.2, 0.25) is 0 Å². The van der Waals surface area contributed by atoms with Gasteiger partial charge in [-0.1, -0.05) is 37.6 Å². The Labute approximate surface area is 178 Å². The number of nitrogens with one attached hydrogen (secondary N) is 2. The lowest BCUT2D eigenvalue weighted by Crippen LogP contribution is -2.46. The van der Waals surface area contributed by atoms with E-state index >= 15 is 0 Å². The van der Waals surface area contributed by atoms with Gasteiger partial charge in [0.15, 0.2) is 5.82 Å². The van der Waals surface area contributed by atoms with E-state index in [0.717, 1.165) is 74.8 Å². The van der Waals surface area contributed by atoms with Gasteiger partial charge in [0.1, 0.15) is 0 Å². The van der Waals surface area contributed by atoms with Crippen molar-refractivity contribution in [1.29, 1.82) is 0 Å². The number of imidazole rings is 1. The van der Waals surface area contributed by atoms with Crippen LogP contribution in [0.15, 0.2) is 24.4 Å². The molecular formula is C22H32ClN5O. The molecule has 1 aromatic carbocycles. The van der Waals surface area contributed by atoms with Crippen molar-refractivity contribution < 1.29 is 4.79 Å². The highest BCUT2D eigenvalue weighted by molar-refractivity contribution is 6.34. The molecule has 29 heavy (non-hydrogen) atoms. The number of rotatable bonds is 9. The molecule has 158 valence electrons. The lowest BCUT2D eigenvalue weighted by molar-refractivity contribution is 0.0943. The maximum absolute atomic E-state index is 12.1. The monoisotopic (exact) mass is 417 g/mol. The SMILES string of the molecule is CCc1c[nH]c(C(=O)NCCCCN2CCN(c3cccc(CC)c3Cl)CC2)n1. The number of carbonyl (C=O) groups is 1. The normalized spacial score (nSPS) is 14.9. The van der Waals surface area contributed by atoms with E-state index in [1.54, 1.807) is 6.20 Å². The summed E-state index contributed by atoms with van der Waals surface area (Å²) in [5.74, 6) is 0.285. The molecular weight excluding hydrogens is 386 g/mol. The topological polar surface area (TPSA) is 64.3 Å². The average Bonchev–Trinajstić information content (AvgIpc) is 3.24. The molecule has 2 aromatic rings. The largest absolute Gasteiger partial charge is 0.368 e. The second-order valence-electron chi connectivity index (χ2n) is 7.49. The van der Waals surface area contributed by atoms with Gasteiger partial charge in [-0.25, -0.2) is 4.98 Å². The second-order valence-corrected chi connectivity index (χ2v) is 7.87. The van der Waals surface area contributed by atoms with Gasteiger partial charge in [-0.3, -0.25) is 9.69 Å². The van der Waals surface area contributed by atoms with E-state index < -0.39 is 0 Å². The van der Waals surface area contributed by atoms with Gasteiger partial charge in [0, 0.05) is 38.9 Å². The number of aromatic nitrogens is 2. The van der Waals surface area contributed by atoms with E-state index in [-0.39, 0.29) is 5.91 Å². The van der Waals surface area contributed by atoms with Crippen molar-refractivity contribution in [2.75, 3.05) is 44.2 Å². The third-order valence-electron chi connectivity index (χ3n) is 5.55. The number of benzene rings is 1. The van der Waals surface area contributed by atoms with Crippen LogP contribution >= 0.6 is 11.6 Å². The van der Waals surface area contributed by atoms with Crippen molar-refractivity contribution in [3.63, 3.8) is 0 Å². The number of carbonyl (C=O) groups excluding carboxylic acids is 1. The molecule has 0 radical (unpaired) electrons. The molecule has 1 aliphatic heterocycles. The van der Waals surface area contributed by atoms with Crippen LogP contribution in [0.3, 0.4) is 0 Å². The third-order valence-corrected chi connectivity index (χ3v) is 5.98. The van der Waals surface area contributed by atoms with Crippen molar-refractivity contribution in [2.24, 2.45) is 0 Å². The molecule has 0 spiro atoms. The van der Waals surface area contributed by atoms with Crippen LogP contribution in [0.2, 0.25) is 5.02 Å². The van der Waals surface area contributed by atoms with Gasteiger partial charge < -0.3 is 15.2 Å². The molecule has 0 atom stereocenters. The number of amides is 1. The zero-order valence-electron chi connectivity index (χ0n) is 17.5. The summed E-state index contributed by atoms with van der Waals surface area (Å²) < 4.78 is 0. The lowest BCUT2D eigenvalue weighted by atomic mass is 10.1. The van der Waals surface area contributed by atoms with Crippen LogP contribution in [0.4, 0.5) is 5.69 Å². The average molecular weight is 418 g/mol. The Hall–Kier alpha value is -2.05. The van der Waals surface area contributed by atoms with Crippen molar-refractivity contribution >= 4 is 23.2 Å². The number of halogens is 1. The number of aromatic amines is 1. The van der Waals surface area contributed by atoms with Gasteiger partial charge in [-0.15, -0.1) is 0 Å². The first-order chi connectivity index (χ1) is 14.1. The van der Waals surface area contributed by atoms with E-state index in [4.69, 9.17) is 11.6 Å². The molecule has 2 N–H and O–H groups in total. The summed E-state index contributed by atoms with van der Waals surface area (Å²) in [5, 5.41) is 3.85. The Balaban J connectivity index is 1.34. The van der Waals surface area contributed by atoms with Gasteiger partial charge in [0.05, 0.1) is 16.4 Å². The van der Waals surface area contributed by atoms with Gasteiger partial charge >= 0.3 is 0 Å². The predicted molar refractivity (Wildman–Crippen MR) is 119 cm³/mol. The number of hydrogen-bond acceptors (Lipinski definition) is 4. The van der Waals surface area contributed by atoms with Crippen molar-refractivity contribution in [1.82, 2.24) is 20.2 Å². The van der Waals surface area contributed by atoms with Crippen LogP contribution in [-0.4, -0.2) is 60.0 Å². The summed E-state index contributed by atoms with van der Waals surface area (Å²) in [4.78, 5) is 24.1. The zero-order valence-corrected chi connectivity index (χ0v) is 18.3. The van der Waals surface area contributed by atoms with E-state index in [1.165, 1.54) is 5.56 Å². The number of anilines is 1. The number of H-pyrrole nitrogens is 1. The highest BCUT2D eigenvalue weighted by Gasteiger charge is 2.19. The number of piperazine rings is 1. The van der Waals surface area contributed by atoms with E-state index in [1.807, 2.05) is 6.92 Å². The molecule has 1 fully saturated rings. The van der Waals surface area contributed by atoms with Crippen LogP contribution in [0, 0.1) is 0 Å². The fourth-order valence-corrected chi connectivity index (χ4v) is 4.08. The Kier molecular flexibility index (Phi) is 7.95. The Morgan fingerprint density at radius 2 is 1.97 bits per heavy atom. The number of nitrogens with zero attached hydrogens (tertiary/aromatic N) is 3. The van der Waals surface area contributed by atoms with Crippen LogP contribution in [0.1, 0.15) is 48.6 Å². The Bertz CT molecular complexity index is 798. The summed E-state index contributed by atoms with van der Waals surface area (Å²) >= 11 is 6.58. The molecule has 1 aromatic heterocycles. The standard InChI is InChI=1S/C22H32ClN5O/c1-3-17-8-7-9-19(20(17)23)28-14-12-27(13-15-28)11-6-5-10-24-22(29)21-25-16-18(4-2)26-21/h7-9,16H,3-6,10-15H2,1-2H3,(H,24,29)(H,25,26). The number of hydrogen-bond donors (Lipinski definition) is 2. The first kappa shape index (κ1) is 21.7. The van der Waals surface area contributed by atoms with E-state index in [0.29, 0.717) is 12.4 Å². The molecule has 0 unspecified atom stereocenters. The molecule has 1 amide bonds. The highest BCUT2D eigenvalue weighted by Crippen LogP contribution is 2.30. The Morgan fingerprint density at radius 3 is 2.66 bits per heavy atom. The smallest absolute Gasteiger partial charge is 0.287 e. The number of unbranched alkanes of at least 4 members (excludes halogenated alkanes) is 1. The minimum absolute atomic E-state index is 0.121. The van der Waals surface area contributed by atoms with Crippen LogP contribution in [0.25, 0.3) is 0 Å².